The first-order chi connectivity index (χ1) is 12.8. The van der Waals surface area contributed by atoms with Crippen LogP contribution in [0.3, 0.4) is 0 Å². The zero-order valence-corrected chi connectivity index (χ0v) is 15.1. The highest BCUT2D eigenvalue weighted by Gasteiger charge is 2.30. The van der Waals surface area contributed by atoms with Crippen LogP contribution in [0, 0.1) is 0 Å². The molecule has 0 aliphatic rings. The van der Waals surface area contributed by atoms with Gasteiger partial charge in [-0.2, -0.15) is 13.2 Å². The normalized spacial score (nSPS) is 12.8. The van der Waals surface area contributed by atoms with Gasteiger partial charge in [-0.3, -0.25) is 4.79 Å². The van der Waals surface area contributed by atoms with Crippen molar-refractivity contribution in [2.75, 3.05) is 5.32 Å². The number of hydrogen-bond acceptors (Lipinski definition) is 5. The Labute approximate surface area is 156 Å². The fraction of sp³-hybridized carbons (Fsp3) is 0.235. The summed E-state index contributed by atoms with van der Waals surface area (Å²) in [6.07, 6.45) is -2.89. The van der Waals surface area contributed by atoms with Crippen LogP contribution in [0.1, 0.15) is 12.5 Å². The zero-order chi connectivity index (χ0) is 19.6. The van der Waals surface area contributed by atoms with Gasteiger partial charge in [0.1, 0.15) is 0 Å². The molecule has 2 heterocycles. The van der Waals surface area contributed by atoms with E-state index in [0.29, 0.717) is 16.7 Å². The molecule has 2 aromatic heterocycles. The molecule has 0 aliphatic carbocycles. The summed E-state index contributed by atoms with van der Waals surface area (Å²) in [6.45, 7) is 1.67. The molecule has 0 unspecified atom stereocenters. The number of carbonyl (C=O) groups is 1. The van der Waals surface area contributed by atoms with E-state index in [-0.39, 0.29) is 11.6 Å². The molecule has 0 spiro atoms. The van der Waals surface area contributed by atoms with E-state index in [1.54, 1.807) is 30.7 Å². The molecule has 3 rings (SSSR count). The van der Waals surface area contributed by atoms with Crippen molar-refractivity contribution in [3.05, 3.63) is 48.2 Å². The van der Waals surface area contributed by atoms with E-state index in [9.17, 15) is 18.0 Å². The Morgan fingerprint density at radius 2 is 1.93 bits per heavy atom. The Morgan fingerprint density at radius 3 is 2.52 bits per heavy atom. The lowest BCUT2D eigenvalue weighted by atomic mass is 10.2. The Morgan fingerprint density at radius 1 is 1.22 bits per heavy atom. The van der Waals surface area contributed by atoms with Gasteiger partial charge >= 0.3 is 6.18 Å². The fourth-order valence-corrected chi connectivity index (χ4v) is 3.05. The van der Waals surface area contributed by atoms with Gasteiger partial charge in [0.25, 0.3) is 0 Å². The highest BCUT2D eigenvalue weighted by molar-refractivity contribution is 8.00. The van der Waals surface area contributed by atoms with E-state index in [4.69, 9.17) is 4.42 Å². The summed E-state index contributed by atoms with van der Waals surface area (Å²) in [5.41, 5.74) is -0.484. The zero-order valence-electron chi connectivity index (χ0n) is 14.3. The number of thioether (sulfide) groups is 1. The van der Waals surface area contributed by atoms with Gasteiger partial charge in [0, 0.05) is 12.7 Å². The van der Waals surface area contributed by atoms with E-state index in [0.717, 1.165) is 12.1 Å². The number of nitrogens with one attached hydrogen (secondary N) is 1. The van der Waals surface area contributed by atoms with E-state index in [2.05, 4.69) is 15.5 Å². The predicted octanol–water partition coefficient (Wildman–Crippen LogP) is 4.21. The molecule has 10 heteroatoms. The largest absolute Gasteiger partial charge is 0.461 e. The van der Waals surface area contributed by atoms with Gasteiger partial charge in [-0.15, -0.1) is 10.2 Å². The molecule has 1 amide bonds. The molecule has 1 N–H and O–H groups in total. The Balaban J connectivity index is 1.64. The highest BCUT2D eigenvalue weighted by Crippen LogP contribution is 2.30. The van der Waals surface area contributed by atoms with Crippen molar-refractivity contribution in [3.63, 3.8) is 0 Å². The van der Waals surface area contributed by atoms with E-state index >= 15 is 0 Å². The van der Waals surface area contributed by atoms with Crippen LogP contribution in [-0.2, 0) is 18.0 Å². The van der Waals surface area contributed by atoms with Crippen molar-refractivity contribution in [1.82, 2.24) is 14.8 Å². The number of nitrogens with zero attached hydrogens (tertiary/aromatic N) is 3. The van der Waals surface area contributed by atoms with E-state index in [1.165, 1.54) is 30.2 Å². The first kappa shape index (κ1) is 19.0. The number of alkyl halides is 3. The monoisotopic (exact) mass is 396 g/mol. The van der Waals surface area contributed by atoms with Gasteiger partial charge < -0.3 is 14.3 Å². The first-order valence-electron chi connectivity index (χ1n) is 7.84. The molecule has 3 aromatic rings. The van der Waals surface area contributed by atoms with Gasteiger partial charge in [-0.05, 0) is 43.3 Å². The Hall–Kier alpha value is -2.75. The number of hydrogen-bond donors (Lipinski definition) is 1. The van der Waals surface area contributed by atoms with Gasteiger partial charge in [0.2, 0.25) is 5.91 Å². The number of amides is 1. The minimum absolute atomic E-state index is 0.287. The van der Waals surface area contributed by atoms with Crippen LogP contribution in [0.15, 0.2) is 52.2 Å². The lowest BCUT2D eigenvalue weighted by Gasteiger charge is -2.12. The van der Waals surface area contributed by atoms with Crippen molar-refractivity contribution in [2.45, 2.75) is 23.5 Å². The summed E-state index contributed by atoms with van der Waals surface area (Å²) in [5, 5.41) is 10.7. The van der Waals surface area contributed by atoms with Crippen LogP contribution < -0.4 is 5.32 Å². The summed E-state index contributed by atoms with van der Waals surface area (Å²) in [5.74, 6) is 0.721. The van der Waals surface area contributed by atoms with Crippen molar-refractivity contribution < 1.29 is 22.4 Å². The second-order valence-corrected chi connectivity index (χ2v) is 6.97. The summed E-state index contributed by atoms with van der Waals surface area (Å²) in [6, 6.07) is 7.76. The smallest absolute Gasteiger partial charge is 0.416 e. The quantitative estimate of drug-likeness (QED) is 0.654. The standard InChI is InChI=1S/C17H15F3N4O2S/c1-10(15(25)21-12-7-5-11(6-8-12)17(18,19)20)27-16-23-22-14(24(16)2)13-4-3-9-26-13/h3-10H,1-2H3,(H,21,25)/t10-/m1/s1. The average molecular weight is 396 g/mol. The molecule has 27 heavy (non-hydrogen) atoms. The molecule has 0 saturated carbocycles. The molecule has 0 bridgehead atoms. The maximum Gasteiger partial charge on any atom is 0.416 e. The average Bonchev–Trinajstić information content (AvgIpc) is 3.25. The van der Waals surface area contributed by atoms with Crippen molar-refractivity contribution >= 4 is 23.4 Å². The number of furan rings is 1. The van der Waals surface area contributed by atoms with Crippen LogP contribution in [0.25, 0.3) is 11.6 Å². The third kappa shape index (κ3) is 4.33. The predicted molar refractivity (Wildman–Crippen MR) is 94.1 cm³/mol. The number of anilines is 1. The van der Waals surface area contributed by atoms with E-state index < -0.39 is 17.0 Å². The minimum Gasteiger partial charge on any atom is -0.461 e. The number of benzene rings is 1. The van der Waals surface area contributed by atoms with Crippen molar-refractivity contribution in [1.29, 1.82) is 0 Å². The summed E-state index contributed by atoms with van der Waals surface area (Å²) < 4.78 is 44.7. The van der Waals surface area contributed by atoms with Gasteiger partial charge in [0.05, 0.1) is 17.1 Å². The van der Waals surface area contributed by atoms with Crippen LogP contribution in [0.4, 0.5) is 18.9 Å². The second kappa shape index (κ2) is 7.47. The molecule has 0 aliphatic heterocycles. The Bertz CT molecular complexity index is 921. The summed E-state index contributed by atoms with van der Waals surface area (Å²) in [7, 11) is 1.75. The van der Waals surface area contributed by atoms with Crippen molar-refractivity contribution in [2.24, 2.45) is 7.05 Å². The summed E-state index contributed by atoms with van der Waals surface area (Å²) in [4.78, 5) is 12.3. The van der Waals surface area contributed by atoms with Gasteiger partial charge in [0.15, 0.2) is 16.7 Å². The molecule has 142 valence electrons. The number of halogens is 3. The first-order valence-corrected chi connectivity index (χ1v) is 8.71. The molecule has 0 saturated heterocycles. The maximum absolute atomic E-state index is 12.6. The molecule has 1 atom stereocenters. The van der Waals surface area contributed by atoms with Crippen molar-refractivity contribution in [3.8, 4) is 11.6 Å². The molecular weight excluding hydrogens is 381 g/mol. The second-order valence-electron chi connectivity index (χ2n) is 5.67. The molecular formula is C17H15F3N4O2S. The number of carbonyl (C=O) groups excluding carboxylic acids is 1. The molecule has 0 radical (unpaired) electrons. The lowest BCUT2D eigenvalue weighted by molar-refractivity contribution is -0.137. The topological polar surface area (TPSA) is 73.0 Å². The number of aromatic nitrogens is 3. The third-order valence-corrected chi connectivity index (χ3v) is 4.84. The van der Waals surface area contributed by atoms with Gasteiger partial charge in [-0.1, -0.05) is 11.8 Å². The maximum atomic E-state index is 12.6. The molecule has 6 nitrogen and oxygen atoms in total. The van der Waals surface area contributed by atoms with E-state index in [1.807, 2.05) is 0 Å². The SMILES string of the molecule is C[C@@H](Sc1nnc(-c2ccco2)n1C)C(=O)Nc1ccc(C(F)(F)F)cc1. The molecule has 0 fully saturated rings. The van der Waals surface area contributed by atoms with Crippen LogP contribution in [0.2, 0.25) is 0 Å². The fourth-order valence-electron chi connectivity index (χ4n) is 2.24. The van der Waals surface area contributed by atoms with Gasteiger partial charge in [-0.25, -0.2) is 0 Å². The minimum atomic E-state index is -4.41. The molecule has 1 aromatic carbocycles. The highest BCUT2D eigenvalue weighted by atomic mass is 32.2. The lowest BCUT2D eigenvalue weighted by Crippen LogP contribution is -2.23. The number of rotatable bonds is 5. The van der Waals surface area contributed by atoms with Crippen LogP contribution in [-0.4, -0.2) is 25.9 Å². The third-order valence-electron chi connectivity index (χ3n) is 3.71. The van der Waals surface area contributed by atoms with Crippen LogP contribution >= 0.6 is 11.8 Å². The van der Waals surface area contributed by atoms with Crippen LogP contribution in [0.5, 0.6) is 0 Å². The summed E-state index contributed by atoms with van der Waals surface area (Å²) >= 11 is 1.18. The Kier molecular flexibility index (Phi) is 5.26.